The summed E-state index contributed by atoms with van der Waals surface area (Å²) in [5.41, 5.74) is 0. The van der Waals surface area contributed by atoms with E-state index >= 15 is 0 Å². The van der Waals surface area contributed by atoms with Gasteiger partial charge in [0.15, 0.2) is 0 Å². The molecular formula is C47H92N4O3. The topological polar surface area (TPSA) is 69.5 Å². The van der Waals surface area contributed by atoms with Crippen LogP contribution in [0.1, 0.15) is 239 Å². The van der Waals surface area contributed by atoms with Gasteiger partial charge in [0.1, 0.15) is 0 Å². The number of nitrogens with zero attached hydrogens (tertiary/aromatic N) is 4. The van der Waals surface area contributed by atoms with Crippen LogP contribution in [0.25, 0.3) is 0 Å². The van der Waals surface area contributed by atoms with Crippen LogP contribution in [0.4, 0.5) is 0 Å². The Balaban J connectivity index is 2.18. The van der Waals surface area contributed by atoms with E-state index in [2.05, 4.69) is 36.0 Å². The smallest absolute Gasteiger partial charge is 0.305 e. The van der Waals surface area contributed by atoms with Crippen molar-refractivity contribution < 1.29 is 14.3 Å². The van der Waals surface area contributed by atoms with Crippen molar-refractivity contribution in [3.8, 4) is 0 Å². The first kappa shape index (κ1) is 50.5. The number of hydrogen-bond acceptors (Lipinski definition) is 6. The van der Waals surface area contributed by atoms with E-state index in [4.69, 9.17) is 9.47 Å². The van der Waals surface area contributed by atoms with Gasteiger partial charge in [0.05, 0.1) is 18.9 Å². The standard InChI is InChI=1S/C47H92N4O3/c1-4-7-10-13-17-26-33-45-54-47(52)37-29-22-19-24-31-40-50(41-34-42-51-43-38-48-49-51)39-30-23-16-18-25-32-44-53-46(35-27-20-14-11-8-5-2)36-28-21-15-12-9-6-3/h38,43,46H,4-37,39-42,44-45H2,1-3H3. The van der Waals surface area contributed by atoms with Gasteiger partial charge in [0.25, 0.3) is 0 Å². The molecule has 0 aliphatic rings. The molecule has 0 spiro atoms. The first-order valence-corrected chi connectivity index (χ1v) is 24.0. The normalized spacial score (nSPS) is 11.7. The molecular weight excluding hydrogens is 669 g/mol. The molecule has 0 bridgehead atoms. The molecule has 0 fully saturated rings. The lowest BCUT2D eigenvalue weighted by Crippen LogP contribution is -2.28. The SMILES string of the molecule is CCCCCCCCCOC(=O)CCCCCCCN(CCCCCCCCOC(CCCCCCCC)CCCCCCCC)CCCn1ccnn1. The quantitative estimate of drug-likeness (QED) is 0.0487. The molecule has 0 saturated heterocycles. The minimum atomic E-state index is -0.000817. The van der Waals surface area contributed by atoms with Gasteiger partial charge in [-0.15, -0.1) is 5.10 Å². The number of unbranched alkanes of at least 4 members (excludes halogenated alkanes) is 25. The highest BCUT2D eigenvalue weighted by Crippen LogP contribution is 2.18. The Bertz CT molecular complexity index is 851. The fourth-order valence-electron chi connectivity index (χ4n) is 7.61. The molecule has 1 aromatic rings. The van der Waals surface area contributed by atoms with Gasteiger partial charge < -0.3 is 14.4 Å². The zero-order chi connectivity index (χ0) is 38.8. The Morgan fingerprint density at radius 3 is 1.50 bits per heavy atom. The molecule has 7 heteroatoms. The average Bonchev–Trinajstić information content (AvgIpc) is 3.70. The Morgan fingerprint density at radius 2 is 0.981 bits per heavy atom. The zero-order valence-electron chi connectivity index (χ0n) is 36.5. The van der Waals surface area contributed by atoms with Crippen LogP contribution in [0, 0.1) is 0 Å². The molecule has 7 nitrogen and oxygen atoms in total. The third kappa shape index (κ3) is 35.0. The fraction of sp³-hybridized carbons (Fsp3) is 0.936. The van der Waals surface area contributed by atoms with Gasteiger partial charge in [0, 0.05) is 25.8 Å². The molecule has 0 unspecified atom stereocenters. The Morgan fingerprint density at radius 1 is 0.537 bits per heavy atom. The highest BCUT2D eigenvalue weighted by atomic mass is 16.5. The maximum atomic E-state index is 12.1. The highest BCUT2D eigenvalue weighted by molar-refractivity contribution is 5.69. The molecule has 0 atom stereocenters. The molecule has 0 N–H and O–H groups in total. The van der Waals surface area contributed by atoms with E-state index in [-0.39, 0.29) is 5.97 Å². The molecule has 1 aromatic heterocycles. The molecule has 1 rings (SSSR count). The Hall–Kier alpha value is -1.47. The van der Waals surface area contributed by atoms with Gasteiger partial charge >= 0.3 is 5.97 Å². The number of ether oxygens (including phenoxy) is 2. The lowest BCUT2D eigenvalue weighted by Gasteiger charge is -2.22. The number of rotatable bonds is 44. The molecule has 0 aromatic carbocycles. The van der Waals surface area contributed by atoms with E-state index in [1.54, 1.807) is 6.20 Å². The van der Waals surface area contributed by atoms with Crippen LogP contribution < -0.4 is 0 Å². The summed E-state index contributed by atoms with van der Waals surface area (Å²) in [5, 5.41) is 8.11. The molecule has 0 amide bonds. The second-order valence-electron chi connectivity index (χ2n) is 16.4. The maximum absolute atomic E-state index is 12.1. The van der Waals surface area contributed by atoms with Gasteiger partial charge in [-0.3, -0.25) is 9.48 Å². The van der Waals surface area contributed by atoms with Crippen LogP contribution in [-0.2, 0) is 20.8 Å². The van der Waals surface area contributed by atoms with Gasteiger partial charge in [0.2, 0.25) is 0 Å². The summed E-state index contributed by atoms with van der Waals surface area (Å²) < 4.78 is 13.9. The Labute approximate surface area is 336 Å². The van der Waals surface area contributed by atoms with Crippen molar-refractivity contribution in [1.29, 1.82) is 0 Å². The van der Waals surface area contributed by atoms with E-state index in [1.165, 1.54) is 199 Å². The summed E-state index contributed by atoms with van der Waals surface area (Å²) in [6.45, 7) is 12.9. The number of carbonyl (C=O) groups is 1. The van der Waals surface area contributed by atoms with Crippen molar-refractivity contribution in [2.75, 3.05) is 32.8 Å². The van der Waals surface area contributed by atoms with Crippen LogP contribution in [0.15, 0.2) is 12.4 Å². The largest absolute Gasteiger partial charge is 0.466 e. The first-order valence-electron chi connectivity index (χ1n) is 24.0. The fourth-order valence-corrected chi connectivity index (χ4v) is 7.61. The van der Waals surface area contributed by atoms with E-state index in [0.717, 1.165) is 45.4 Å². The summed E-state index contributed by atoms with van der Waals surface area (Å²) in [6.07, 6.45) is 47.3. The molecule has 318 valence electrons. The van der Waals surface area contributed by atoms with Gasteiger partial charge in [-0.2, -0.15) is 0 Å². The van der Waals surface area contributed by atoms with Crippen molar-refractivity contribution >= 4 is 5.97 Å². The van der Waals surface area contributed by atoms with Crippen LogP contribution in [-0.4, -0.2) is 64.8 Å². The first-order chi connectivity index (χ1) is 26.7. The third-order valence-electron chi connectivity index (χ3n) is 11.2. The molecule has 1 heterocycles. The number of aromatic nitrogens is 3. The summed E-state index contributed by atoms with van der Waals surface area (Å²) in [7, 11) is 0. The van der Waals surface area contributed by atoms with Crippen LogP contribution >= 0.6 is 0 Å². The Kier molecular flexibility index (Phi) is 38.5. The van der Waals surface area contributed by atoms with Crippen molar-refractivity contribution in [3.05, 3.63) is 12.4 Å². The van der Waals surface area contributed by atoms with Crippen LogP contribution in [0.3, 0.4) is 0 Å². The second-order valence-corrected chi connectivity index (χ2v) is 16.4. The highest BCUT2D eigenvalue weighted by Gasteiger charge is 2.10. The monoisotopic (exact) mass is 761 g/mol. The predicted octanol–water partition coefficient (Wildman–Crippen LogP) is 13.8. The molecule has 0 aliphatic carbocycles. The zero-order valence-corrected chi connectivity index (χ0v) is 36.5. The van der Waals surface area contributed by atoms with E-state index in [0.29, 0.717) is 19.1 Å². The number of aryl methyl sites for hydroxylation is 1. The van der Waals surface area contributed by atoms with Gasteiger partial charge in [-0.25, -0.2) is 0 Å². The second kappa shape index (κ2) is 41.2. The maximum Gasteiger partial charge on any atom is 0.305 e. The molecule has 54 heavy (non-hydrogen) atoms. The van der Waals surface area contributed by atoms with E-state index < -0.39 is 0 Å². The van der Waals surface area contributed by atoms with Crippen molar-refractivity contribution in [3.63, 3.8) is 0 Å². The van der Waals surface area contributed by atoms with Gasteiger partial charge in [-0.05, 0) is 71.0 Å². The van der Waals surface area contributed by atoms with Crippen molar-refractivity contribution in [2.24, 2.45) is 0 Å². The number of carbonyl (C=O) groups excluding carboxylic acids is 1. The van der Waals surface area contributed by atoms with Crippen LogP contribution in [0.5, 0.6) is 0 Å². The summed E-state index contributed by atoms with van der Waals surface area (Å²) >= 11 is 0. The summed E-state index contributed by atoms with van der Waals surface area (Å²) in [6, 6.07) is 0. The van der Waals surface area contributed by atoms with Crippen molar-refractivity contribution in [2.45, 2.75) is 252 Å². The van der Waals surface area contributed by atoms with E-state index in [9.17, 15) is 4.79 Å². The molecule has 0 saturated carbocycles. The van der Waals surface area contributed by atoms with Crippen LogP contribution in [0.2, 0.25) is 0 Å². The van der Waals surface area contributed by atoms with E-state index in [1.807, 2.05) is 10.9 Å². The lowest BCUT2D eigenvalue weighted by molar-refractivity contribution is -0.143. The number of esters is 1. The third-order valence-corrected chi connectivity index (χ3v) is 11.2. The minimum Gasteiger partial charge on any atom is -0.466 e. The number of hydrogen-bond donors (Lipinski definition) is 0. The summed E-state index contributed by atoms with van der Waals surface area (Å²) in [5.74, 6) is -0.000817. The molecule has 0 radical (unpaired) electrons. The van der Waals surface area contributed by atoms with Gasteiger partial charge in [-0.1, -0.05) is 187 Å². The predicted molar refractivity (Wildman–Crippen MR) is 231 cm³/mol. The lowest BCUT2D eigenvalue weighted by atomic mass is 10.0. The average molecular weight is 761 g/mol. The van der Waals surface area contributed by atoms with Crippen molar-refractivity contribution in [1.82, 2.24) is 19.9 Å². The molecule has 0 aliphatic heterocycles. The summed E-state index contributed by atoms with van der Waals surface area (Å²) in [4.78, 5) is 14.8. The minimum absolute atomic E-state index is 0.000817.